The van der Waals surface area contributed by atoms with E-state index in [0.29, 0.717) is 12.8 Å². The molecular weight excluding hydrogens is 214 g/mol. The van der Waals surface area contributed by atoms with Crippen LogP contribution < -0.4 is 5.32 Å². The van der Waals surface area contributed by atoms with Crippen molar-refractivity contribution < 1.29 is 23.9 Å². The first-order valence-corrected chi connectivity index (χ1v) is 4.84. The minimum atomic E-state index is -0.633. The molecule has 16 heavy (non-hydrogen) atoms. The fraction of sp³-hybridized carbons (Fsp3) is 0.500. The van der Waals surface area contributed by atoms with E-state index in [-0.39, 0.29) is 18.6 Å². The lowest BCUT2D eigenvalue weighted by Crippen LogP contribution is -2.30. The summed E-state index contributed by atoms with van der Waals surface area (Å²) < 4.78 is 9.12. The number of nitrogens with one attached hydrogen (secondary N) is 1. The van der Waals surface area contributed by atoms with Gasteiger partial charge in [-0.1, -0.05) is 0 Å². The smallest absolute Gasteiger partial charge is 0.331 e. The maximum Gasteiger partial charge on any atom is 0.331 e. The molecule has 6 heteroatoms. The molecule has 0 aromatic rings. The van der Waals surface area contributed by atoms with Gasteiger partial charge in [0.15, 0.2) is 0 Å². The molecule has 1 fully saturated rings. The van der Waals surface area contributed by atoms with Crippen LogP contribution in [0.2, 0.25) is 0 Å². The third kappa shape index (κ3) is 4.12. The van der Waals surface area contributed by atoms with E-state index in [0.717, 1.165) is 12.2 Å². The predicted molar refractivity (Wildman–Crippen MR) is 53.3 cm³/mol. The molecule has 1 amide bonds. The molecule has 0 aromatic heterocycles. The Hall–Kier alpha value is -1.85. The lowest BCUT2D eigenvalue weighted by atomic mass is 10.2. The van der Waals surface area contributed by atoms with Crippen LogP contribution in [-0.4, -0.2) is 37.6 Å². The predicted octanol–water partition coefficient (Wildman–Crippen LogP) is -0.463. The number of hydrogen-bond acceptors (Lipinski definition) is 5. The summed E-state index contributed by atoms with van der Waals surface area (Å²) >= 11 is 0. The SMILES string of the molecule is COC(=O)/C=C/C(=O)OC[C@@H]1CCC(=O)N1. The standard InChI is InChI=1S/C10H13NO5/c1-15-9(13)4-5-10(14)16-6-7-2-3-8(12)11-7/h4-5,7H,2-3,6H2,1H3,(H,11,12)/b5-4+/t7-/m0/s1. The largest absolute Gasteiger partial charge is 0.466 e. The fourth-order valence-corrected chi connectivity index (χ4v) is 1.24. The molecule has 0 spiro atoms. The minimum absolute atomic E-state index is 0.0360. The number of methoxy groups -OCH3 is 1. The monoisotopic (exact) mass is 227 g/mol. The van der Waals surface area contributed by atoms with Gasteiger partial charge in [0, 0.05) is 18.6 Å². The van der Waals surface area contributed by atoms with Crippen LogP contribution in [0.25, 0.3) is 0 Å². The van der Waals surface area contributed by atoms with Crippen molar-refractivity contribution in [2.24, 2.45) is 0 Å². The van der Waals surface area contributed by atoms with E-state index in [2.05, 4.69) is 10.1 Å². The highest BCUT2D eigenvalue weighted by molar-refractivity contribution is 5.91. The van der Waals surface area contributed by atoms with E-state index in [1.54, 1.807) is 0 Å². The molecule has 1 saturated heterocycles. The normalized spacial score (nSPS) is 19.6. The molecule has 1 atom stereocenters. The highest BCUT2D eigenvalue weighted by Crippen LogP contribution is 2.06. The molecule has 0 aliphatic carbocycles. The van der Waals surface area contributed by atoms with Crippen molar-refractivity contribution in [1.29, 1.82) is 0 Å². The van der Waals surface area contributed by atoms with Crippen molar-refractivity contribution in [2.45, 2.75) is 18.9 Å². The van der Waals surface area contributed by atoms with Crippen LogP contribution in [0.5, 0.6) is 0 Å². The van der Waals surface area contributed by atoms with Crippen LogP contribution in [0, 0.1) is 0 Å². The Bertz CT molecular complexity index is 323. The third-order valence-electron chi connectivity index (χ3n) is 2.07. The maximum atomic E-state index is 11.1. The Labute approximate surface area is 92.6 Å². The summed E-state index contributed by atoms with van der Waals surface area (Å²) in [5.41, 5.74) is 0. The first-order valence-electron chi connectivity index (χ1n) is 4.84. The van der Waals surface area contributed by atoms with Gasteiger partial charge in [-0.05, 0) is 6.42 Å². The van der Waals surface area contributed by atoms with E-state index in [4.69, 9.17) is 4.74 Å². The fourth-order valence-electron chi connectivity index (χ4n) is 1.24. The van der Waals surface area contributed by atoms with E-state index >= 15 is 0 Å². The molecule has 0 saturated carbocycles. The van der Waals surface area contributed by atoms with Crippen molar-refractivity contribution in [3.63, 3.8) is 0 Å². The zero-order valence-corrected chi connectivity index (χ0v) is 8.89. The van der Waals surface area contributed by atoms with Crippen LogP contribution in [-0.2, 0) is 23.9 Å². The Kier molecular flexibility index (Phi) is 4.50. The van der Waals surface area contributed by atoms with Crippen molar-refractivity contribution in [1.82, 2.24) is 5.32 Å². The summed E-state index contributed by atoms with van der Waals surface area (Å²) in [4.78, 5) is 32.5. The van der Waals surface area contributed by atoms with E-state index < -0.39 is 11.9 Å². The summed E-state index contributed by atoms with van der Waals surface area (Å²) in [5.74, 6) is -1.29. The molecule has 0 unspecified atom stereocenters. The van der Waals surface area contributed by atoms with Crippen molar-refractivity contribution in [2.75, 3.05) is 13.7 Å². The van der Waals surface area contributed by atoms with Gasteiger partial charge in [0.1, 0.15) is 6.61 Å². The molecule has 1 rings (SSSR count). The van der Waals surface area contributed by atoms with Gasteiger partial charge in [0.2, 0.25) is 5.91 Å². The first-order chi connectivity index (χ1) is 7.61. The summed E-state index contributed by atoms with van der Waals surface area (Å²) in [6.07, 6.45) is 3.09. The van der Waals surface area contributed by atoms with Gasteiger partial charge in [0.05, 0.1) is 13.2 Å². The first kappa shape index (κ1) is 12.2. The van der Waals surface area contributed by atoms with Crippen LogP contribution >= 0.6 is 0 Å². The zero-order valence-electron chi connectivity index (χ0n) is 8.89. The van der Waals surface area contributed by atoms with E-state index in [9.17, 15) is 14.4 Å². The average Bonchev–Trinajstić information content (AvgIpc) is 2.69. The van der Waals surface area contributed by atoms with Gasteiger partial charge >= 0.3 is 11.9 Å². The number of esters is 2. The number of carbonyl (C=O) groups is 3. The van der Waals surface area contributed by atoms with Crippen LogP contribution in [0.4, 0.5) is 0 Å². The van der Waals surface area contributed by atoms with E-state index in [1.165, 1.54) is 7.11 Å². The second kappa shape index (κ2) is 5.89. The Balaban J connectivity index is 2.22. The number of hydrogen-bond donors (Lipinski definition) is 1. The number of ether oxygens (including phenoxy) is 2. The maximum absolute atomic E-state index is 11.1. The van der Waals surface area contributed by atoms with Gasteiger partial charge < -0.3 is 14.8 Å². The number of rotatable bonds is 4. The van der Waals surface area contributed by atoms with Gasteiger partial charge in [-0.15, -0.1) is 0 Å². The summed E-state index contributed by atoms with van der Waals surface area (Å²) in [5, 5.41) is 2.65. The van der Waals surface area contributed by atoms with Gasteiger partial charge in [-0.3, -0.25) is 4.79 Å². The number of amides is 1. The molecule has 0 aromatic carbocycles. The Morgan fingerprint density at radius 2 is 2.12 bits per heavy atom. The third-order valence-corrected chi connectivity index (χ3v) is 2.07. The quantitative estimate of drug-likeness (QED) is 0.519. The molecule has 1 aliphatic heterocycles. The Morgan fingerprint density at radius 3 is 2.69 bits per heavy atom. The van der Waals surface area contributed by atoms with Gasteiger partial charge in [-0.2, -0.15) is 0 Å². The molecule has 1 aliphatic rings. The van der Waals surface area contributed by atoms with Crippen molar-refractivity contribution in [3.8, 4) is 0 Å². The molecule has 0 radical (unpaired) electrons. The lowest BCUT2D eigenvalue weighted by Gasteiger charge is -2.08. The molecular formula is C10H13NO5. The summed E-state index contributed by atoms with van der Waals surface area (Å²) in [6.45, 7) is 0.121. The van der Waals surface area contributed by atoms with Crippen LogP contribution in [0.1, 0.15) is 12.8 Å². The summed E-state index contributed by atoms with van der Waals surface area (Å²) in [7, 11) is 1.21. The van der Waals surface area contributed by atoms with E-state index in [1.807, 2.05) is 0 Å². The van der Waals surface area contributed by atoms with Crippen molar-refractivity contribution >= 4 is 17.8 Å². The Morgan fingerprint density at radius 1 is 1.44 bits per heavy atom. The molecule has 1 heterocycles. The molecule has 0 bridgehead atoms. The number of carbonyl (C=O) groups excluding carboxylic acids is 3. The lowest BCUT2D eigenvalue weighted by molar-refractivity contribution is -0.140. The van der Waals surface area contributed by atoms with Crippen molar-refractivity contribution in [3.05, 3.63) is 12.2 Å². The van der Waals surface area contributed by atoms with Crippen LogP contribution in [0.15, 0.2) is 12.2 Å². The van der Waals surface area contributed by atoms with Gasteiger partial charge in [0.25, 0.3) is 0 Å². The molecule has 6 nitrogen and oxygen atoms in total. The second-order valence-electron chi connectivity index (χ2n) is 3.29. The van der Waals surface area contributed by atoms with Gasteiger partial charge in [-0.25, -0.2) is 9.59 Å². The second-order valence-corrected chi connectivity index (χ2v) is 3.29. The average molecular weight is 227 g/mol. The highest BCUT2D eigenvalue weighted by Gasteiger charge is 2.21. The molecule has 1 N–H and O–H groups in total. The molecule has 88 valence electrons. The van der Waals surface area contributed by atoms with Crippen LogP contribution in [0.3, 0.4) is 0 Å². The zero-order chi connectivity index (χ0) is 12.0. The minimum Gasteiger partial charge on any atom is -0.466 e. The highest BCUT2D eigenvalue weighted by atomic mass is 16.5. The summed E-state index contributed by atoms with van der Waals surface area (Å²) in [6, 6.07) is -0.122. The topological polar surface area (TPSA) is 81.7 Å².